The molecule has 3 aromatic rings. The number of carbonyl (C=O) groups excluding carboxylic acids is 1. The summed E-state index contributed by atoms with van der Waals surface area (Å²) in [4.78, 5) is 12.4. The second-order valence-corrected chi connectivity index (χ2v) is 5.07. The molecule has 0 N–H and O–H groups in total. The van der Waals surface area contributed by atoms with Gasteiger partial charge >= 0.3 is 0 Å². The molecule has 0 aliphatic rings. The summed E-state index contributed by atoms with van der Waals surface area (Å²) in [5.74, 6) is 0.0673. The average Bonchev–Trinajstić information content (AvgIpc) is 3.02. The van der Waals surface area contributed by atoms with Crippen LogP contribution in [0.25, 0.3) is 11.1 Å². The quantitative estimate of drug-likeness (QED) is 0.629. The topological polar surface area (TPSA) is 17.1 Å². The van der Waals surface area contributed by atoms with Crippen LogP contribution < -0.4 is 0 Å². The van der Waals surface area contributed by atoms with Crippen molar-refractivity contribution in [3.63, 3.8) is 0 Å². The number of hydrogen-bond acceptors (Lipinski definition) is 2. The third kappa shape index (κ3) is 2.49. The van der Waals surface area contributed by atoms with Crippen LogP contribution in [0.4, 0.5) is 0 Å². The Morgan fingerprint density at radius 2 is 1.58 bits per heavy atom. The van der Waals surface area contributed by atoms with Crippen LogP contribution in [0.3, 0.4) is 0 Å². The molecule has 19 heavy (non-hydrogen) atoms. The Morgan fingerprint density at radius 1 is 0.789 bits per heavy atom. The fourth-order valence-electron chi connectivity index (χ4n) is 2.02. The summed E-state index contributed by atoms with van der Waals surface area (Å²) >= 11 is 1.66. The highest BCUT2D eigenvalue weighted by atomic mass is 32.1. The molecule has 2 heteroatoms. The zero-order valence-corrected chi connectivity index (χ0v) is 11.1. The molecule has 1 aromatic heterocycles. The van der Waals surface area contributed by atoms with Gasteiger partial charge in [-0.15, -0.1) is 0 Å². The van der Waals surface area contributed by atoms with E-state index in [0.29, 0.717) is 0 Å². The summed E-state index contributed by atoms with van der Waals surface area (Å²) in [6.45, 7) is 0. The van der Waals surface area contributed by atoms with Crippen LogP contribution in [0, 0.1) is 0 Å². The highest BCUT2D eigenvalue weighted by Gasteiger charge is 2.09. The summed E-state index contributed by atoms with van der Waals surface area (Å²) in [5.41, 5.74) is 3.70. The highest BCUT2D eigenvalue weighted by molar-refractivity contribution is 7.08. The number of benzene rings is 2. The first-order valence-electron chi connectivity index (χ1n) is 6.07. The van der Waals surface area contributed by atoms with E-state index in [2.05, 4.69) is 11.4 Å². The lowest BCUT2D eigenvalue weighted by molar-refractivity contribution is 0.103. The summed E-state index contributed by atoms with van der Waals surface area (Å²) < 4.78 is 0. The van der Waals surface area contributed by atoms with E-state index in [4.69, 9.17) is 0 Å². The Balaban J connectivity index is 1.98. The minimum atomic E-state index is 0.0673. The van der Waals surface area contributed by atoms with Gasteiger partial charge in [0.05, 0.1) is 0 Å². The molecule has 92 valence electrons. The lowest BCUT2D eigenvalue weighted by Crippen LogP contribution is -2.00. The van der Waals surface area contributed by atoms with Crippen molar-refractivity contribution in [2.24, 2.45) is 0 Å². The molecule has 0 amide bonds. The van der Waals surface area contributed by atoms with Crippen molar-refractivity contribution in [2.45, 2.75) is 0 Å². The zero-order chi connectivity index (χ0) is 13.1. The van der Waals surface area contributed by atoms with Gasteiger partial charge in [0, 0.05) is 11.1 Å². The molecule has 0 saturated carbocycles. The van der Waals surface area contributed by atoms with Crippen LogP contribution in [0.15, 0.2) is 71.4 Å². The molecule has 0 radical (unpaired) electrons. The Kier molecular flexibility index (Phi) is 3.25. The van der Waals surface area contributed by atoms with Gasteiger partial charge in [0.15, 0.2) is 5.78 Å². The van der Waals surface area contributed by atoms with Crippen LogP contribution in [0.2, 0.25) is 0 Å². The third-order valence-corrected chi connectivity index (χ3v) is 3.70. The molecule has 1 heterocycles. The van der Waals surface area contributed by atoms with Gasteiger partial charge < -0.3 is 0 Å². The van der Waals surface area contributed by atoms with Gasteiger partial charge in [0.2, 0.25) is 0 Å². The van der Waals surface area contributed by atoms with Crippen molar-refractivity contribution < 1.29 is 4.79 Å². The Bertz CT molecular complexity index is 684. The van der Waals surface area contributed by atoms with Gasteiger partial charge in [-0.05, 0) is 34.0 Å². The number of carbonyl (C=O) groups is 1. The van der Waals surface area contributed by atoms with Crippen LogP contribution in [-0.4, -0.2) is 5.78 Å². The molecule has 0 fully saturated rings. The van der Waals surface area contributed by atoms with E-state index in [0.717, 1.165) is 22.3 Å². The van der Waals surface area contributed by atoms with Crippen molar-refractivity contribution in [1.29, 1.82) is 0 Å². The summed E-state index contributed by atoms with van der Waals surface area (Å²) in [6.07, 6.45) is 0. The second-order valence-electron chi connectivity index (χ2n) is 4.29. The van der Waals surface area contributed by atoms with E-state index in [1.54, 1.807) is 11.3 Å². The van der Waals surface area contributed by atoms with Crippen LogP contribution in [0.1, 0.15) is 15.9 Å². The molecule has 0 aliphatic heterocycles. The Morgan fingerprint density at radius 3 is 2.32 bits per heavy atom. The Hall–Kier alpha value is -2.19. The van der Waals surface area contributed by atoms with E-state index < -0.39 is 0 Å². The summed E-state index contributed by atoms with van der Waals surface area (Å²) in [7, 11) is 0. The van der Waals surface area contributed by atoms with Crippen molar-refractivity contribution >= 4 is 17.1 Å². The molecular weight excluding hydrogens is 252 g/mol. The lowest BCUT2D eigenvalue weighted by atomic mass is 9.99. The number of ketones is 1. The largest absolute Gasteiger partial charge is 0.289 e. The predicted molar refractivity (Wildman–Crippen MR) is 79.6 cm³/mol. The lowest BCUT2D eigenvalue weighted by Gasteiger charge is -2.03. The SMILES string of the molecule is O=C(c1ccccc1)c1cccc(-c2ccsc2)c1. The van der Waals surface area contributed by atoms with Crippen LogP contribution in [-0.2, 0) is 0 Å². The third-order valence-electron chi connectivity index (χ3n) is 3.02. The molecule has 0 aliphatic carbocycles. The van der Waals surface area contributed by atoms with Crippen LogP contribution >= 0.6 is 11.3 Å². The minimum Gasteiger partial charge on any atom is -0.289 e. The Labute approximate surface area is 116 Å². The molecule has 2 aromatic carbocycles. The second kappa shape index (κ2) is 5.21. The molecule has 3 rings (SSSR count). The number of rotatable bonds is 3. The fourth-order valence-corrected chi connectivity index (χ4v) is 2.69. The van der Waals surface area contributed by atoms with Crippen molar-refractivity contribution in [3.05, 3.63) is 82.6 Å². The van der Waals surface area contributed by atoms with E-state index in [1.165, 1.54) is 0 Å². The van der Waals surface area contributed by atoms with E-state index in [9.17, 15) is 4.79 Å². The monoisotopic (exact) mass is 264 g/mol. The van der Waals surface area contributed by atoms with Gasteiger partial charge in [-0.3, -0.25) is 4.79 Å². The van der Waals surface area contributed by atoms with Gasteiger partial charge in [0.25, 0.3) is 0 Å². The smallest absolute Gasteiger partial charge is 0.193 e. The average molecular weight is 264 g/mol. The number of thiophene rings is 1. The minimum absolute atomic E-state index is 0.0673. The maximum absolute atomic E-state index is 12.4. The first-order chi connectivity index (χ1) is 9.34. The van der Waals surface area contributed by atoms with E-state index in [-0.39, 0.29) is 5.78 Å². The van der Waals surface area contributed by atoms with Gasteiger partial charge in [-0.1, -0.05) is 48.5 Å². The molecule has 0 bridgehead atoms. The van der Waals surface area contributed by atoms with Crippen molar-refractivity contribution in [3.8, 4) is 11.1 Å². The first-order valence-corrected chi connectivity index (χ1v) is 7.01. The van der Waals surface area contributed by atoms with Crippen molar-refractivity contribution in [1.82, 2.24) is 0 Å². The molecular formula is C17H12OS. The standard InChI is InChI=1S/C17H12OS/c18-17(13-5-2-1-3-6-13)15-8-4-7-14(11-15)16-9-10-19-12-16/h1-12H. The molecule has 0 saturated heterocycles. The normalized spacial score (nSPS) is 10.3. The summed E-state index contributed by atoms with van der Waals surface area (Å²) in [5, 5.41) is 4.13. The van der Waals surface area contributed by atoms with Gasteiger partial charge in [-0.25, -0.2) is 0 Å². The maximum Gasteiger partial charge on any atom is 0.193 e. The maximum atomic E-state index is 12.4. The predicted octanol–water partition coefficient (Wildman–Crippen LogP) is 4.65. The van der Waals surface area contributed by atoms with E-state index in [1.807, 2.05) is 60.0 Å². The zero-order valence-electron chi connectivity index (χ0n) is 10.2. The molecule has 0 atom stereocenters. The highest BCUT2D eigenvalue weighted by Crippen LogP contribution is 2.23. The van der Waals surface area contributed by atoms with Crippen LogP contribution in [0.5, 0.6) is 0 Å². The summed E-state index contributed by atoms with van der Waals surface area (Å²) in [6, 6.07) is 19.2. The first kappa shape index (κ1) is 11.9. The van der Waals surface area contributed by atoms with Gasteiger partial charge in [0.1, 0.15) is 0 Å². The van der Waals surface area contributed by atoms with E-state index >= 15 is 0 Å². The molecule has 0 spiro atoms. The number of hydrogen-bond donors (Lipinski definition) is 0. The molecule has 0 unspecified atom stereocenters. The fraction of sp³-hybridized carbons (Fsp3) is 0. The van der Waals surface area contributed by atoms with Crippen molar-refractivity contribution in [2.75, 3.05) is 0 Å². The van der Waals surface area contributed by atoms with Gasteiger partial charge in [-0.2, -0.15) is 11.3 Å². The molecule has 1 nitrogen and oxygen atoms in total.